The van der Waals surface area contributed by atoms with Crippen LogP contribution in [0.15, 0.2) is 35.4 Å². The van der Waals surface area contributed by atoms with Crippen LogP contribution >= 0.6 is 0 Å². The van der Waals surface area contributed by atoms with E-state index < -0.39 is 53.0 Å². The summed E-state index contributed by atoms with van der Waals surface area (Å²) >= 11 is 0. The Bertz CT molecular complexity index is 893. The predicted molar refractivity (Wildman–Crippen MR) is 76.4 cm³/mol. The fourth-order valence-corrected chi connectivity index (χ4v) is 2.45. The molecule has 0 aromatic heterocycles. The van der Waals surface area contributed by atoms with E-state index in [1.54, 1.807) is 18.2 Å². The second kappa shape index (κ2) is 6.11. The highest BCUT2D eigenvalue weighted by atomic mass is 19.4. The van der Waals surface area contributed by atoms with Crippen LogP contribution in [-0.2, 0) is 11.0 Å². The predicted octanol–water partition coefficient (Wildman–Crippen LogP) is 4.40. The first kappa shape index (κ1) is 17.9. The van der Waals surface area contributed by atoms with Gasteiger partial charge in [0.05, 0.1) is 12.1 Å². The van der Waals surface area contributed by atoms with Crippen molar-refractivity contribution in [2.45, 2.75) is 12.6 Å². The van der Waals surface area contributed by atoms with E-state index in [9.17, 15) is 35.5 Å². The van der Waals surface area contributed by atoms with E-state index in [0.29, 0.717) is 5.56 Å². The van der Waals surface area contributed by atoms with Crippen LogP contribution in [-0.4, -0.2) is 11.6 Å². The Labute approximate surface area is 141 Å². The van der Waals surface area contributed by atoms with E-state index in [1.165, 1.54) is 12.1 Å². The molecule has 1 aliphatic heterocycles. The Balaban J connectivity index is 2.16. The summed E-state index contributed by atoms with van der Waals surface area (Å²) in [5, 5.41) is 3.64. The van der Waals surface area contributed by atoms with Crippen molar-refractivity contribution >= 4 is 17.3 Å². The zero-order valence-electron chi connectivity index (χ0n) is 12.5. The van der Waals surface area contributed by atoms with E-state index in [2.05, 4.69) is 5.10 Å². The Kier molecular flexibility index (Phi) is 4.21. The minimum absolute atomic E-state index is 0.0271. The molecule has 1 amide bonds. The van der Waals surface area contributed by atoms with Crippen LogP contribution in [0.25, 0.3) is 0 Å². The Hall–Kier alpha value is -2.91. The van der Waals surface area contributed by atoms with Crippen molar-refractivity contribution in [3.8, 4) is 0 Å². The number of amides is 1. The van der Waals surface area contributed by atoms with Crippen LogP contribution < -0.4 is 5.01 Å². The van der Waals surface area contributed by atoms with Crippen molar-refractivity contribution < 1.29 is 35.5 Å². The maximum Gasteiger partial charge on any atom is 0.422 e. The molecule has 2 aromatic rings. The number of anilines is 1. The fourth-order valence-electron chi connectivity index (χ4n) is 2.45. The van der Waals surface area contributed by atoms with Gasteiger partial charge in [0.1, 0.15) is 11.3 Å². The third-order valence-electron chi connectivity index (χ3n) is 3.62. The molecule has 0 unspecified atom stereocenters. The molecule has 0 atom stereocenters. The smallest absolute Gasteiger partial charge is 0.272 e. The van der Waals surface area contributed by atoms with Crippen LogP contribution in [0.4, 0.5) is 36.4 Å². The van der Waals surface area contributed by atoms with Gasteiger partial charge in [0.15, 0.2) is 23.3 Å². The molecule has 0 saturated heterocycles. The molecule has 0 N–H and O–H groups in total. The summed E-state index contributed by atoms with van der Waals surface area (Å²) in [6.07, 6.45) is -6.12. The number of carbonyl (C=O) groups is 1. The number of halogens is 7. The highest BCUT2D eigenvalue weighted by Gasteiger charge is 2.44. The molecule has 0 saturated carbocycles. The van der Waals surface area contributed by atoms with Gasteiger partial charge in [0, 0.05) is 0 Å². The van der Waals surface area contributed by atoms with Gasteiger partial charge >= 0.3 is 6.18 Å². The molecule has 0 fully saturated rings. The number of nitrogens with zero attached hydrogens (tertiary/aromatic N) is 2. The van der Waals surface area contributed by atoms with E-state index in [-0.39, 0.29) is 10.7 Å². The lowest BCUT2D eigenvalue weighted by Crippen LogP contribution is -2.25. The van der Waals surface area contributed by atoms with Crippen LogP contribution in [0.1, 0.15) is 17.5 Å². The van der Waals surface area contributed by atoms with Gasteiger partial charge < -0.3 is 0 Å². The molecule has 136 valence electrons. The summed E-state index contributed by atoms with van der Waals surface area (Å²) in [6.45, 7) is 0. The first-order valence-corrected chi connectivity index (χ1v) is 7.02. The SMILES string of the molecule is O=C1CC(c2ccccc2)=NN1c1c(F)c(F)c(C(F)(F)F)c(F)c1F. The molecule has 3 nitrogen and oxygen atoms in total. The number of alkyl halides is 3. The van der Waals surface area contributed by atoms with Crippen LogP contribution in [0.2, 0.25) is 0 Å². The molecule has 2 aromatic carbocycles. The molecule has 0 spiro atoms. The van der Waals surface area contributed by atoms with Gasteiger partial charge in [-0.3, -0.25) is 4.79 Å². The van der Waals surface area contributed by atoms with Crippen molar-refractivity contribution in [3.05, 3.63) is 64.7 Å². The lowest BCUT2D eigenvalue weighted by molar-refractivity contribution is -0.143. The fraction of sp³-hybridized carbons (Fsp3) is 0.125. The first-order valence-electron chi connectivity index (χ1n) is 7.02. The van der Waals surface area contributed by atoms with Crippen molar-refractivity contribution in [1.82, 2.24) is 0 Å². The summed E-state index contributed by atoms with van der Waals surface area (Å²) in [5.41, 5.74) is -3.91. The normalized spacial score (nSPS) is 14.8. The Morgan fingerprint density at radius 1 is 0.885 bits per heavy atom. The number of hydrazone groups is 1. The standard InChI is InChI=1S/C16H7F7N2O/c17-11-10(16(21,22)23)12(18)14(20)15(13(11)19)25-9(26)6-8(24-25)7-4-2-1-3-5-7/h1-5H,6H2. The molecular weight excluding hydrogens is 369 g/mol. The van der Waals surface area contributed by atoms with Gasteiger partial charge in [0.25, 0.3) is 5.91 Å². The Morgan fingerprint density at radius 2 is 1.42 bits per heavy atom. The molecule has 1 aliphatic rings. The summed E-state index contributed by atoms with van der Waals surface area (Å²) in [4.78, 5) is 12.0. The maximum atomic E-state index is 14.0. The van der Waals surface area contributed by atoms with Gasteiger partial charge in [-0.25, -0.2) is 17.6 Å². The van der Waals surface area contributed by atoms with Gasteiger partial charge in [0.2, 0.25) is 0 Å². The topological polar surface area (TPSA) is 32.7 Å². The summed E-state index contributed by atoms with van der Waals surface area (Å²) in [6, 6.07) is 7.87. The number of benzene rings is 2. The molecule has 0 aliphatic carbocycles. The highest BCUT2D eigenvalue weighted by molar-refractivity contribution is 6.19. The number of rotatable bonds is 2. The minimum atomic E-state index is -5.66. The molecule has 0 radical (unpaired) electrons. The lowest BCUT2D eigenvalue weighted by atomic mass is 10.1. The van der Waals surface area contributed by atoms with Crippen molar-refractivity contribution in [1.29, 1.82) is 0 Å². The quantitative estimate of drug-likeness (QED) is 0.565. The third kappa shape index (κ3) is 2.80. The van der Waals surface area contributed by atoms with Gasteiger partial charge in [-0.2, -0.15) is 23.3 Å². The van der Waals surface area contributed by atoms with Crippen LogP contribution in [0.3, 0.4) is 0 Å². The van der Waals surface area contributed by atoms with Crippen LogP contribution in [0.5, 0.6) is 0 Å². The monoisotopic (exact) mass is 376 g/mol. The highest BCUT2D eigenvalue weighted by Crippen LogP contribution is 2.40. The van der Waals surface area contributed by atoms with Gasteiger partial charge in [-0.05, 0) is 5.56 Å². The number of hydrogen-bond donors (Lipinski definition) is 0. The third-order valence-corrected chi connectivity index (χ3v) is 3.62. The van der Waals surface area contributed by atoms with E-state index in [4.69, 9.17) is 0 Å². The second-order valence-corrected chi connectivity index (χ2v) is 5.27. The van der Waals surface area contributed by atoms with Crippen molar-refractivity contribution in [2.24, 2.45) is 5.10 Å². The molecule has 26 heavy (non-hydrogen) atoms. The van der Waals surface area contributed by atoms with Crippen molar-refractivity contribution in [3.63, 3.8) is 0 Å². The van der Waals surface area contributed by atoms with Crippen LogP contribution in [0, 0.1) is 23.3 Å². The first-order chi connectivity index (χ1) is 12.1. The zero-order valence-corrected chi connectivity index (χ0v) is 12.5. The second-order valence-electron chi connectivity index (χ2n) is 5.27. The summed E-state index contributed by atoms with van der Waals surface area (Å²) in [7, 11) is 0. The minimum Gasteiger partial charge on any atom is -0.272 e. The summed E-state index contributed by atoms with van der Waals surface area (Å²) in [5.74, 6) is -11.1. The molecule has 3 rings (SSSR count). The maximum absolute atomic E-state index is 14.0. The Morgan fingerprint density at radius 3 is 1.92 bits per heavy atom. The van der Waals surface area contributed by atoms with Crippen molar-refractivity contribution in [2.75, 3.05) is 5.01 Å². The van der Waals surface area contributed by atoms with E-state index in [0.717, 1.165) is 0 Å². The average molecular weight is 376 g/mol. The molecule has 10 heteroatoms. The van der Waals surface area contributed by atoms with Gasteiger partial charge in [-0.1, -0.05) is 30.3 Å². The molecule has 1 heterocycles. The van der Waals surface area contributed by atoms with E-state index in [1.807, 2.05) is 0 Å². The molecule has 0 bridgehead atoms. The number of carbonyl (C=O) groups excluding carboxylic acids is 1. The largest absolute Gasteiger partial charge is 0.422 e. The zero-order chi connectivity index (χ0) is 19.2. The van der Waals surface area contributed by atoms with Gasteiger partial charge in [-0.15, -0.1) is 0 Å². The van der Waals surface area contributed by atoms with E-state index >= 15 is 0 Å². The average Bonchev–Trinajstić information content (AvgIpc) is 2.95. The number of hydrogen-bond acceptors (Lipinski definition) is 2. The molecular formula is C16H7F7N2O. The lowest BCUT2D eigenvalue weighted by Gasteiger charge is -2.17. The summed E-state index contributed by atoms with van der Waals surface area (Å²) < 4.78 is 93.4.